The summed E-state index contributed by atoms with van der Waals surface area (Å²) in [5.74, 6) is 0.567. The Balaban J connectivity index is 0.000000216. The molecule has 0 atom stereocenters. The van der Waals surface area contributed by atoms with Crippen molar-refractivity contribution in [2.24, 2.45) is 9.98 Å². The molecule has 0 saturated carbocycles. The largest absolute Gasteiger partial charge is 0.507 e. The molecule has 0 amide bonds. The van der Waals surface area contributed by atoms with Gasteiger partial charge in [-0.1, -0.05) is 275 Å². The fraction of sp³-hybridized carbons (Fsp3) is 0.348. The Bertz CT molecular complexity index is 4820. The van der Waals surface area contributed by atoms with E-state index in [0.29, 0.717) is 0 Å². The molecule has 0 fully saturated rings. The molecule has 101 heavy (non-hydrogen) atoms. The molecule has 2 N–H and O–H groups in total. The molecule has 12 rings (SSSR count). The van der Waals surface area contributed by atoms with E-state index in [-0.39, 0.29) is 75.9 Å². The summed E-state index contributed by atoms with van der Waals surface area (Å²) in [4.78, 5) is 21.2. The second-order valence-electron chi connectivity index (χ2n) is 35.7. The molecule has 2 heterocycles. The van der Waals surface area contributed by atoms with Crippen molar-refractivity contribution in [1.29, 1.82) is 0 Å². The van der Waals surface area contributed by atoms with Gasteiger partial charge in [-0.3, -0.25) is 9.98 Å². The minimum Gasteiger partial charge on any atom is -0.507 e. The van der Waals surface area contributed by atoms with Crippen molar-refractivity contribution in [1.82, 2.24) is 9.97 Å². The van der Waals surface area contributed by atoms with Gasteiger partial charge >= 0.3 is 0 Å². The summed E-state index contributed by atoms with van der Waals surface area (Å²) in [5, 5.41) is 29.3. The number of benzene rings is 10. The maximum absolute atomic E-state index is 11.6. The van der Waals surface area contributed by atoms with Crippen LogP contribution in [0, 0.1) is 6.07 Å². The van der Waals surface area contributed by atoms with Crippen molar-refractivity contribution in [2.45, 2.75) is 209 Å². The molecule has 0 aliphatic carbocycles. The van der Waals surface area contributed by atoms with Crippen LogP contribution in [0.15, 0.2) is 174 Å². The van der Waals surface area contributed by atoms with Gasteiger partial charge in [-0.05, 0) is 130 Å². The van der Waals surface area contributed by atoms with E-state index in [4.69, 9.17) is 20.0 Å². The van der Waals surface area contributed by atoms with Crippen molar-refractivity contribution < 1.29 is 31.3 Å². The van der Waals surface area contributed by atoms with Gasteiger partial charge in [-0.15, -0.1) is 58.1 Å². The van der Waals surface area contributed by atoms with Crippen molar-refractivity contribution >= 4 is 88.5 Å². The Morgan fingerprint density at radius 1 is 0.356 bits per heavy atom. The Kier molecular flexibility index (Phi) is 20.8. The zero-order chi connectivity index (χ0) is 72.8. The molecule has 0 unspecified atom stereocenters. The summed E-state index contributed by atoms with van der Waals surface area (Å²) in [6, 6.07) is 62.2. The SMILES string of the molecule is CC(C)(C)c1c[c-]c(-c2cc(C(C)(C)C)cc3sc(-c4ccc5ccccc5c4N=Cc4cc(C(C)(C)C)cc(C(C)(C)C)c4O)nc23)cc1.CC(C)(C)c1ccc(-c2cc(C(C)(C)C)cc3sc(-c4ccc5ccccc5c4N=Cc4cc(C(C)(C)C)cc(C(C)(C)C)c4O)nc23)cc1.[Pt]. The molecular weight excluding hydrogens is 1450 g/mol. The quantitative estimate of drug-likeness (QED) is 0.117. The van der Waals surface area contributed by atoms with Crippen molar-refractivity contribution in [2.75, 3.05) is 0 Å². The number of aromatic hydroxyl groups is 2. The number of phenols is 2. The average molecular weight is 1560 g/mol. The fourth-order valence-electron chi connectivity index (χ4n) is 12.7. The first-order valence-electron chi connectivity index (χ1n) is 35.4. The van der Waals surface area contributed by atoms with Gasteiger partial charge in [0.25, 0.3) is 0 Å². The third-order valence-corrected chi connectivity index (χ3v) is 21.4. The van der Waals surface area contributed by atoms with Crippen molar-refractivity contribution in [3.63, 3.8) is 0 Å². The van der Waals surface area contributed by atoms with Crippen LogP contribution < -0.4 is 0 Å². The van der Waals surface area contributed by atoms with E-state index in [1.54, 1.807) is 22.7 Å². The molecule has 0 saturated heterocycles. The van der Waals surface area contributed by atoms with Crippen LogP contribution in [0.25, 0.3) is 85.4 Å². The summed E-state index contributed by atoms with van der Waals surface area (Å²) >= 11 is 3.43. The predicted octanol–water partition coefficient (Wildman–Crippen LogP) is 26.7. The predicted molar refractivity (Wildman–Crippen MR) is 435 cm³/mol. The number of rotatable bonds is 8. The van der Waals surface area contributed by atoms with E-state index in [2.05, 4.69) is 336 Å². The fourth-order valence-corrected chi connectivity index (χ4v) is 14.8. The molecule has 12 aromatic rings. The first-order valence-corrected chi connectivity index (χ1v) is 37.0. The summed E-state index contributed by atoms with van der Waals surface area (Å²) in [7, 11) is 0. The van der Waals surface area contributed by atoms with Crippen LogP contribution in [0.3, 0.4) is 0 Å². The maximum atomic E-state index is 11.6. The van der Waals surface area contributed by atoms with Crippen LogP contribution in [0.1, 0.15) is 222 Å². The van der Waals surface area contributed by atoms with Crippen LogP contribution in [0.2, 0.25) is 0 Å². The van der Waals surface area contributed by atoms with E-state index in [9.17, 15) is 10.2 Å². The molecule has 10 aromatic carbocycles. The monoisotopic (exact) mass is 1550 g/mol. The Morgan fingerprint density at radius 2 is 0.723 bits per heavy atom. The third-order valence-electron chi connectivity index (χ3n) is 19.3. The molecule has 0 spiro atoms. The number of hydrogen-bond acceptors (Lipinski definition) is 8. The summed E-state index contributed by atoms with van der Waals surface area (Å²) < 4.78 is 2.31. The number of fused-ring (bicyclic) bond motifs is 4. The van der Waals surface area contributed by atoms with Crippen LogP contribution in [-0.2, 0) is 64.4 Å². The molecule has 6 nitrogen and oxygen atoms in total. The van der Waals surface area contributed by atoms with Gasteiger partial charge in [-0.2, -0.15) is 0 Å². The van der Waals surface area contributed by atoms with E-state index < -0.39 is 0 Å². The molecule has 2 aromatic heterocycles. The van der Waals surface area contributed by atoms with Gasteiger partial charge in [0, 0.05) is 93.4 Å². The van der Waals surface area contributed by atoms with Gasteiger partial charge in [0.1, 0.15) is 21.5 Å². The Morgan fingerprint density at radius 3 is 1.10 bits per heavy atom. The molecular formula is C92H103N4O2PtS2-. The third kappa shape index (κ3) is 16.3. The second-order valence-corrected chi connectivity index (χ2v) is 37.7. The molecule has 0 radical (unpaired) electrons. The van der Waals surface area contributed by atoms with Crippen LogP contribution >= 0.6 is 22.7 Å². The van der Waals surface area contributed by atoms with E-state index >= 15 is 0 Å². The summed E-state index contributed by atoms with van der Waals surface area (Å²) in [6.45, 7) is 53.2. The van der Waals surface area contributed by atoms with Gasteiger partial charge < -0.3 is 10.2 Å². The number of phenolic OH excluding ortho intramolecular Hbond substituents is 2. The minimum absolute atomic E-state index is 0. The molecule has 0 aliphatic heterocycles. The number of thiazole rings is 2. The average Bonchev–Trinajstić information content (AvgIpc) is 1.66. The molecule has 0 bridgehead atoms. The summed E-state index contributed by atoms with van der Waals surface area (Å²) in [6.07, 6.45) is 3.69. The van der Waals surface area contributed by atoms with E-state index in [0.717, 1.165) is 113 Å². The smallest absolute Gasteiger partial charge is 0.128 e. The maximum Gasteiger partial charge on any atom is 0.128 e. The normalized spacial score (nSPS) is 13.1. The molecule has 0 aliphatic rings. The second kappa shape index (κ2) is 27.7. The topological polar surface area (TPSA) is 91.0 Å². The standard InChI is InChI=1S/C46H52N2OS.C46H51N2OS.Pt/c2*1-43(2,3)31-20-17-29(18-21-31)36-24-33(45(7,8)9)26-38-40(36)48-42(50-38)35-22-19-28-15-13-14-16-34(28)39(35)47-27-30-23-32(44(4,5)6)25-37(41(30)49)46(10,11)12;/h13-27,49H,1-12H3;13-17,19-27,49H,1-12H3;/q;-1;. The van der Waals surface area contributed by atoms with Crippen LogP contribution in [-0.4, -0.2) is 32.6 Å². The first kappa shape index (κ1) is 75.8. The van der Waals surface area contributed by atoms with Gasteiger partial charge in [0.2, 0.25) is 0 Å². The molecule has 526 valence electrons. The summed E-state index contributed by atoms with van der Waals surface area (Å²) in [5.41, 5.74) is 20.3. The van der Waals surface area contributed by atoms with E-state index in [1.165, 1.54) is 38.9 Å². The molecule has 9 heteroatoms. The van der Waals surface area contributed by atoms with Crippen molar-refractivity contribution in [3.05, 3.63) is 225 Å². The zero-order valence-corrected chi connectivity index (χ0v) is 68.0. The zero-order valence-electron chi connectivity index (χ0n) is 64.1. The van der Waals surface area contributed by atoms with Crippen molar-refractivity contribution in [3.8, 4) is 54.9 Å². The Labute approximate surface area is 624 Å². The van der Waals surface area contributed by atoms with Crippen LogP contribution in [0.5, 0.6) is 11.5 Å². The van der Waals surface area contributed by atoms with Gasteiger partial charge in [-0.25, -0.2) is 9.97 Å². The minimum atomic E-state index is -0.229. The first-order chi connectivity index (χ1) is 46.4. The number of aromatic nitrogens is 2. The number of hydrogen-bond donors (Lipinski definition) is 2. The number of aliphatic imine (C=N–C) groups is 2. The van der Waals surface area contributed by atoms with Gasteiger partial charge in [0.15, 0.2) is 0 Å². The van der Waals surface area contributed by atoms with Gasteiger partial charge in [0.05, 0.1) is 21.6 Å². The van der Waals surface area contributed by atoms with Crippen LogP contribution in [0.4, 0.5) is 11.4 Å². The Hall–Kier alpha value is -7.87. The van der Waals surface area contributed by atoms with E-state index in [1.807, 2.05) is 12.4 Å². The number of nitrogens with zero attached hydrogens (tertiary/aromatic N) is 4.